The number of pyridine rings is 1. The minimum Gasteiger partial charge on any atom is -0.311 e. The van der Waals surface area contributed by atoms with E-state index in [1.807, 2.05) is 6.07 Å². The van der Waals surface area contributed by atoms with E-state index in [9.17, 15) is 4.79 Å². The summed E-state index contributed by atoms with van der Waals surface area (Å²) in [6.45, 7) is 4.52. The van der Waals surface area contributed by atoms with Gasteiger partial charge in [-0.1, -0.05) is 25.3 Å². The maximum atomic E-state index is 13.1. The highest BCUT2D eigenvalue weighted by molar-refractivity contribution is 7.13. The van der Waals surface area contributed by atoms with Crippen LogP contribution in [0.15, 0.2) is 34.4 Å². The zero-order valence-corrected chi connectivity index (χ0v) is 16.2. The molecule has 2 aliphatic heterocycles. The summed E-state index contributed by atoms with van der Waals surface area (Å²) in [6, 6.07) is 8.40. The second-order valence-corrected chi connectivity index (χ2v) is 9.53. The van der Waals surface area contributed by atoms with Crippen molar-refractivity contribution in [3.05, 3.63) is 45.7 Å². The highest BCUT2D eigenvalue weighted by Gasteiger charge is 2.35. The van der Waals surface area contributed by atoms with Gasteiger partial charge in [0.25, 0.3) is 5.56 Å². The Morgan fingerprint density at radius 2 is 1.92 bits per heavy atom. The molecule has 0 N–H and O–H groups in total. The fraction of sp³-hybridized carbons (Fsp3) is 0.591. The van der Waals surface area contributed by atoms with Crippen LogP contribution in [-0.4, -0.2) is 29.1 Å². The number of aromatic nitrogens is 1. The standard InChI is InChI=1S/C22H28N2OS/c25-22-19(21-7-4-10-26-21)8-9-20-18-11-17(14-24(20)22)13-23(15-18)12-16-5-2-1-3-6-16/h4,7-10,16-18H,1-3,5-6,11-15H2/t17-,18+/m0/s1. The van der Waals surface area contributed by atoms with Gasteiger partial charge in [-0.15, -0.1) is 11.3 Å². The molecule has 0 aromatic carbocycles. The van der Waals surface area contributed by atoms with Crippen molar-refractivity contribution in [3.63, 3.8) is 0 Å². The number of rotatable bonds is 3. The lowest BCUT2D eigenvalue weighted by atomic mass is 9.81. The highest BCUT2D eigenvalue weighted by atomic mass is 32.1. The number of hydrogen-bond acceptors (Lipinski definition) is 3. The molecule has 2 atom stereocenters. The van der Waals surface area contributed by atoms with Crippen LogP contribution in [0.1, 0.15) is 50.1 Å². The molecule has 2 aromatic heterocycles. The zero-order chi connectivity index (χ0) is 17.5. The molecule has 1 saturated carbocycles. The van der Waals surface area contributed by atoms with E-state index in [-0.39, 0.29) is 5.56 Å². The zero-order valence-electron chi connectivity index (χ0n) is 15.4. The van der Waals surface area contributed by atoms with E-state index in [4.69, 9.17) is 0 Å². The van der Waals surface area contributed by atoms with E-state index in [2.05, 4.69) is 33.0 Å². The van der Waals surface area contributed by atoms with Gasteiger partial charge in [0.15, 0.2) is 0 Å². The molecule has 0 spiro atoms. The molecule has 0 amide bonds. The van der Waals surface area contributed by atoms with Crippen LogP contribution in [-0.2, 0) is 6.54 Å². The lowest BCUT2D eigenvalue weighted by Gasteiger charge is -2.44. The van der Waals surface area contributed by atoms with Gasteiger partial charge < -0.3 is 9.47 Å². The van der Waals surface area contributed by atoms with E-state index in [0.717, 1.165) is 29.4 Å². The minimum absolute atomic E-state index is 0.223. The fourth-order valence-corrected chi connectivity index (χ4v) is 6.29. The van der Waals surface area contributed by atoms with Crippen molar-refractivity contribution in [2.45, 2.75) is 51.0 Å². The number of thiophene rings is 1. The highest BCUT2D eigenvalue weighted by Crippen LogP contribution is 2.37. The monoisotopic (exact) mass is 368 g/mol. The lowest BCUT2D eigenvalue weighted by Crippen LogP contribution is -2.48. The van der Waals surface area contributed by atoms with Crippen molar-refractivity contribution in [1.29, 1.82) is 0 Å². The van der Waals surface area contributed by atoms with Crippen molar-refractivity contribution in [1.82, 2.24) is 9.47 Å². The third kappa shape index (κ3) is 3.07. The molecule has 2 fully saturated rings. The van der Waals surface area contributed by atoms with Crippen LogP contribution < -0.4 is 5.56 Å². The third-order valence-electron chi connectivity index (χ3n) is 6.71. The number of nitrogens with zero attached hydrogens (tertiary/aromatic N) is 2. The molecule has 138 valence electrons. The predicted octanol–water partition coefficient (Wildman–Crippen LogP) is 4.58. The van der Waals surface area contributed by atoms with Crippen LogP contribution in [0.3, 0.4) is 0 Å². The molecule has 26 heavy (non-hydrogen) atoms. The number of likely N-dealkylation sites (tertiary alicyclic amines) is 1. The smallest absolute Gasteiger partial charge is 0.259 e. The molecule has 1 aliphatic carbocycles. The molecule has 0 unspecified atom stereocenters. The Labute approximate surface area is 159 Å². The van der Waals surface area contributed by atoms with E-state index in [0.29, 0.717) is 11.8 Å². The van der Waals surface area contributed by atoms with Crippen LogP contribution in [0.2, 0.25) is 0 Å². The van der Waals surface area contributed by atoms with Gasteiger partial charge in [0, 0.05) is 42.7 Å². The Hall–Kier alpha value is -1.39. The lowest BCUT2D eigenvalue weighted by molar-refractivity contribution is 0.0968. The Balaban J connectivity index is 1.39. The molecule has 4 heteroatoms. The Morgan fingerprint density at radius 3 is 2.73 bits per heavy atom. The Morgan fingerprint density at radius 1 is 1.04 bits per heavy atom. The predicted molar refractivity (Wildman–Crippen MR) is 108 cm³/mol. The molecular weight excluding hydrogens is 340 g/mol. The number of piperidine rings is 1. The summed E-state index contributed by atoms with van der Waals surface area (Å²) in [5, 5.41) is 2.05. The Bertz CT molecular complexity index is 819. The molecule has 5 rings (SSSR count). The summed E-state index contributed by atoms with van der Waals surface area (Å²) >= 11 is 1.66. The summed E-state index contributed by atoms with van der Waals surface area (Å²) < 4.78 is 2.10. The van der Waals surface area contributed by atoms with Crippen molar-refractivity contribution in [2.24, 2.45) is 11.8 Å². The van der Waals surface area contributed by atoms with Crippen LogP contribution in [0, 0.1) is 11.8 Å². The van der Waals surface area contributed by atoms with Gasteiger partial charge in [-0.25, -0.2) is 0 Å². The average Bonchev–Trinajstić information content (AvgIpc) is 3.18. The van der Waals surface area contributed by atoms with E-state index < -0.39 is 0 Å². The van der Waals surface area contributed by atoms with Gasteiger partial charge in [-0.3, -0.25) is 4.79 Å². The quantitative estimate of drug-likeness (QED) is 0.792. The second-order valence-electron chi connectivity index (χ2n) is 8.59. The van der Waals surface area contributed by atoms with Crippen molar-refractivity contribution < 1.29 is 0 Å². The van der Waals surface area contributed by atoms with Crippen LogP contribution >= 0.6 is 11.3 Å². The van der Waals surface area contributed by atoms with Gasteiger partial charge in [-0.2, -0.15) is 0 Å². The second kappa shape index (κ2) is 6.97. The van der Waals surface area contributed by atoms with Gasteiger partial charge in [0.1, 0.15) is 0 Å². The normalized spacial score (nSPS) is 26.6. The van der Waals surface area contributed by atoms with Crippen LogP contribution in [0.5, 0.6) is 0 Å². The largest absolute Gasteiger partial charge is 0.311 e. The minimum atomic E-state index is 0.223. The first-order chi connectivity index (χ1) is 12.8. The average molecular weight is 369 g/mol. The molecule has 0 radical (unpaired) electrons. The van der Waals surface area contributed by atoms with Crippen molar-refractivity contribution in [2.75, 3.05) is 19.6 Å². The van der Waals surface area contributed by atoms with E-state index >= 15 is 0 Å². The molecule has 2 bridgehead atoms. The summed E-state index contributed by atoms with van der Waals surface area (Å²) in [5.74, 6) is 2.09. The maximum Gasteiger partial charge on any atom is 0.259 e. The van der Waals surface area contributed by atoms with Crippen molar-refractivity contribution >= 4 is 11.3 Å². The SMILES string of the molecule is O=c1c(-c2cccs2)ccc2n1C[C@H]1C[C@@H]2CN(CC2CCCCC2)C1. The molecule has 4 heterocycles. The Kier molecular flexibility index (Phi) is 4.49. The van der Waals surface area contributed by atoms with E-state index in [1.165, 1.54) is 57.3 Å². The van der Waals surface area contributed by atoms with Gasteiger partial charge in [0.05, 0.1) is 5.56 Å². The maximum absolute atomic E-state index is 13.1. The first-order valence-electron chi connectivity index (χ1n) is 10.3. The first kappa shape index (κ1) is 16.8. The molecule has 3 nitrogen and oxygen atoms in total. The van der Waals surface area contributed by atoms with Crippen LogP contribution in [0.4, 0.5) is 0 Å². The third-order valence-corrected chi connectivity index (χ3v) is 7.61. The molecule has 2 aromatic rings. The van der Waals surface area contributed by atoms with Crippen LogP contribution in [0.25, 0.3) is 10.4 Å². The number of fused-ring (bicyclic) bond motifs is 4. The van der Waals surface area contributed by atoms with Gasteiger partial charge >= 0.3 is 0 Å². The van der Waals surface area contributed by atoms with Crippen molar-refractivity contribution in [3.8, 4) is 10.4 Å². The summed E-state index contributed by atoms with van der Waals surface area (Å²) in [7, 11) is 0. The van der Waals surface area contributed by atoms with E-state index in [1.54, 1.807) is 11.3 Å². The number of hydrogen-bond donors (Lipinski definition) is 0. The summed E-state index contributed by atoms with van der Waals surface area (Å²) in [4.78, 5) is 16.9. The molecule has 1 saturated heterocycles. The van der Waals surface area contributed by atoms with Gasteiger partial charge in [-0.05, 0) is 54.7 Å². The first-order valence-corrected chi connectivity index (χ1v) is 11.2. The summed E-state index contributed by atoms with van der Waals surface area (Å²) in [5.41, 5.74) is 2.38. The summed E-state index contributed by atoms with van der Waals surface area (Å²) in [6.07, 6.45) is 8.39. The topological polar surface area (TPSA) is 25.2 Å². The fourth-order valence-electron chi connectivity index (χ4n) is 5.55. The van der Waals surface area contributed by atoms with Gasteiger partial charge in [0.2, 0.25) is 0 Å². The molecular formula is C22H28N2OS. The molecule has 3 aliphatic rings.